The molecule has 0 aliphatic rings. The van der Waals surface area contributed by atoms with Crippen molar-refractivity contribution in [2.24, 2.45) is 0 Å². The SMILES string of the molecule is N#Cc1cc(COc2ccc(Cl)cc2[N+](=O)[O-])ccn1. The quantitative estimate of drug-likeness (QED) is 0.637. The molecule has 2 aromatic rings. The summed E-state index contributed by atoms with van der Waals surface area (Å²) in [6.07, 6.45) is 1.48. The Balaban J connectivity index is 2.19. The molecule has 1 heterocycles. The summed E-state index contributed by atoms with van der Waals surface area (Å²) >= 11 is 5.71. The molecule has 0 saturated heterocycles. The molecule has 100 valence electrons. The first-order chi connectivity index (χ1) is 9.60. The number of pyridine rings is 1. The Hall–Kier alpha value is -2.65. The van der Waals surface area contributed by atoms with Crippen LogP contribution in [0.1, 0.15) is 11.3 Å². The van der Waals surface area contributed by atoms with E-state index in [0.29, 0.717) is 5.56 Å². The molecule has 0 spiro atoms. The average Bonchev–Trinajstić information content (AvgIpc) is 2.46. The predicted octanol–water partition coefficient (Wildman–Crippen LogP) is 3.09. The lowest BCUT2D eigenvalue weighted by atomic mass is 10.2. The van der Waals surface area contributed by atoms with Crippen LogP contribution in [0, 0.1) is 21.4 Å². The zero-order chi connectivity index (χ0) is 14.5. The number of hydrogen-bond donors (Lipinski definition) is 0. The molecule has 6 nitrogen and oxygen atoms in total. The number of nitro benzene ring substituents is 1. The Bertz CT molecular complexity index is 698. The molecule has 1 aromatic carbocycles. The minimum atomic E-state index is -0.561. The Morgan fingerprint density at radius 2 is 2.20 bits per heavy atom. The van der Waals surface area contributed by atoms with Crippen LogP contribution in [0.5, 0.6) is 5.75 Å². The topological polar surface area (TPSA) is 89.0 Å². The highest BCUT2D eigenvalue weighted by molar-refractivity contribution is 6.30. The van der Waals surface area contributed by atoms with E-state index in [1.165, 1.54) is 24.4 Å². The molecular weight excluding hydrogens is 282 g/mol. The van der Waals surface area contributed by atoms with E-state index in [-0.39, 0.29) is 28.8 Å². The Morgan fingerprint density at radius 3 is 2.90 bits per heavy atom. The van der Waals surface area contributed by atoms with Crippen LogP contribution in [0.3, 0.4) is 0 Å². The lowest BCUT2D eigenvalue weighted by molar-refractivity contribution is -0.385. The fourth-order valence-corrected chi connectivity index (χ4v) is 1.71. The molecule has 0 aliphatic heterocycles. The molecule has 0 bridgehead atoms. The van der Waals surface area contributed by atoms with Crippen molar-refractivity contribution in [1.29, 1.82) is 5.26 Å². The van der Waals surface area contributed by atoms with Gasteiger partial charge in [-0.3, -0.25) is 10.1 Å². The molecule has 7 heteroatoms. The van der Waals surface area contributed by atoms with Crippen LogP contribution < -0.4 is 4.74 Å². The number of ether oxygens (including phenoxy) is 1. The van der Waals surface area contributed by atoms with Crippen LogP contribution >= 0.6 is 11.6 Å². The predicted molar refractivity (Wildman–Crippen MR) is 71.4 cm³/mol. The summed E-state index contributed by atoms with van der Waals surface area (Å²) in [5.74, 6) is 0.120. The van der Waals surface area contributed by atoms with Crippen molar-refractivity contribution < 1.29 is 9.66 Å². The van der Waals surface area contributed by atoms with Gasteiger partial charge in [0.05, 0.1) is 4.92 Å². The number of benzene rings is 1. The number of halogens is 1. The van der Waals surface area contributed by atoms with E-state index >= 15 is 0 Å². The maximum absolute atomic E-state index is 10.9. The molecular formula is C13H8ClN3O3. The molecule has 0 amide bonds. The molecule has 0 N–H and O–H groups in total. The van der Waals surface area contributed by atoms with E-state index in [1.54, 1.807) is 12.1 Å². The molecule has 1 aromatic heterocycles. The van der Waals surface area contributed by atoms with Crippen molar-refractivity contribution in [1.82, 2.24) is 4.98 Å². The normalized spacial score (nSPS) is 9.80. The van der Waals surface area contributed by atoms with Crippen LogP contribution in [0.25, 0.3) is 0 Å². The molecule has 0 radical (unpaired) electrons. The maximum atomic E-state index is 10.9. The maximum Gasteiger partial charge on any atom is 0.312 e. The second kappa shape index (κ2) is 5.99. The minimum Gasteiger partial charge on any atom is -0.482 e. The van der Waals surface area contributed by atoms with E-state index < -0.39 is 4.92 Å². The summed E-state index contributed by atoms with van der Waals surface area (Å²) in [5.41, 5.74) is 0.754. The van der Waals surface area contributed by atoms with Gasteiger partial charge < -0.3 is 4.74 Å². The van der Waals surface area contributed by atoms with Gasteiger partial charge in [0.15, 0.2) is 5.75 Å². The molecule has 0 saturated carbocycles. The summed E-state index contributed by atoms with van der Waals surface area (Å²) < 4.78 is 5.40. The van der Waals surface area contributed by atoms with Crippen molar-refractivity contribution in [2.45, 2.75) is 6.61 Å². The summed E-state index contributed by atoms with van der Waals surface area (Å²) in [4.78, 5) is 14.2. The lowest BCUT2D eigenvalue weighted by Gasteiger charge is -2.07. The summed E-state index contributed by atoms with van der Waals surface area (Å²) in [6.45, 7) is 0.0969. The number of nitro groups is 1. The Labute approximate surface area is 119 Å². The third kappa shape index (κ3) is 3.22. The molecule has 20 heavy (non-hydrogen) atoms. The minimum absolute atomic E-state index is 0.0969. The number of aromatic nitrogens is 1. The van der Waals surface area contributed by atoms with Crippen LogP contribution in [0.15, 0.2) is 36.5 Å². The summed E-state index contributed by atoms with van der Waals surface area (Å²) in [7, 11) is 0. The van der Waals surface area contributed by atoms with Gasteiger partial charge in [0, 0.05) is 17.3 Å². The van der Waals surface area contributed by atoms with E-state index in [2.05, 4.69) is 4.98 Å². The van der Waals surface area contributed by atoms with Gasteiger partial charge in [-0.05, 0) is 29.8 Å². The van der Waals surface area contributed by atoms with E-state index in [9.17, 15) is 10.1 Å². The van der Waals surface area contributed by atoms with Crippen molar-refractivity contribution in [3.8, 4) is 11.8 Å². The first-order valence-corrected chi connectivity index (χ1v) is 5.89. The van der Waals surface area contributed by atoms with Crippen molar-refractivity contribution >= 4 is 17.3 Å². The van der Waals surface area contributed by atoms with E-state index in [1.807, 2.05) is 6.07 Å². The van der Waals surface area contributed by atoms with Gasteiger partial charge in [-0.15, -0.1) is 0 Å². The van der Waals surface area contributed by atoms with Gasteiger partial charge in [0.2, 0.25) is 0 Å². The smallest absolute Gasteiger partial charge is 0.312 e. The standard InChI is InChI=1S/C13H8ClN3O3/c14-10-1-2-13(12(6-10)17(18)19)20-8-9-3-4-16-11(5-9)7-15/h1-6H,8H2. The zero-order valence-corrected chi connectivity index (χ0v) is 10.9. The van der Waals surface area contributed by atoms with Crippen LogP contribution in [0.2, 0.25) is 5.02 Å². The highest BCUT2D eigenvalue weighted by atomic mass is 35.5. The molecule has 0 fully saturated rings. The highest BCUT2D eigenvalue weighted by Gasteiger charge is 2.15. The van der Waals surface area contributed by atoms with Gasteiger partial charge in [-0.25, -0.2) is 4.98 Å². The second-order valence-electron chi connectivity index (χ2n) is 3.82. The number of nitriles is 1. The molecule has 0 aliphatic carbocycles. The summed E-state index contributed by atoms with van der Waals surface area (Å²) in [6, 6.07) is 9.31. The van der Waals surface area contributed by atoms with Crippen LogP contribution in [-0.2, 0) is 6.61 Å². The van der Waals surface area contributed by atoms with Gasteiger partial charge >= 0.3 is 5.69 Å². The molecule has 0 atom stereocenters. The molecule has 0 unspecified atom stereocenters. The fraction of sp³-hybridized carbons (Fsp3) is 0.0769. The zero-order valence-electron chi connectivity index (χ0n) is 10.1. The van der Waals surface area contributed by atoms with Crippen molar-refractivity contribution in [3.63, 3.8) is 0 Å². The summed E-state index contributed by atoms with van der Waals surface area (Å²) in [5, 5.41) is 19.9. The van der Waals surface area contributed by atoms with Gasteiger partial charge in [0.1, 0.15) is 18.4 Å². The van der Waals surface area contributed by atoms with Crippen molar-refractivity contribution in [2.75, 3.05) is 0 Å². The average molecular weight is 290 g/mol. The molecule has 2 rings (SSSR count). The van der Waals surface area contributed by atoms with Crippen molar-refractivity contribution in [3.05, 3.63) is 62.9 Å². The van der Waals surface area contributed by atoms with Gasteiger partial charge in [-0.1, -0.05) is 11.6 Å². The third-order valence-electron chi connectivity index (χ3n) is 2.45. The third-order valence-corrected chi connectivity index (χ3v) is 2.69. The first-order valence-electron chi connectivity index (χ1n) is 5.52. The van der Waals surface area contributed by atoms with E-state index in [0.717, 1.165) is 0 Å². The van der Waals surface area contributed by atoms with Gasteiger partial charge in [-0.2, -0.15) is 5.26 Å². The fourth-order valence-electron chi connectivity index (χ4n) is 1.54. The first kappa shape index (κ1) is 13.8. The monoisotopic (exact) mass is 289 g/mol. The number of rotatable bonds is 4. The Morgan fingerprint density at radius 1 is 1.40 bits per heavy atom. The van der Waals surface area contributed by atoms with Gasteiger partial charge in [0.25, 0.3) is 0 Å². The Kier molecular flexibility index (Phi) is 4.13. The highest BCUT2D eigenvalue weighted by Crippen LogP contribution is 2.30. The van der Waals surface area contributed by atoms with Crippen LogP contribution in [-0.4, -0.2) is 9.91 Å². The number of hydrogen-bond acceptors (Lipinski definition) is 5. The van der Waals surface area contributed by atoms with E-state index in [4.69, 9.17) is 21.6 Å². The lowest BCUT2D eigenvalue weighted by Crippen LogP contribution is -2.00. The largest absolute Gasteiger partial charge is 0.482 e. The van der Waals surface area contributed by atoms with Crippen LogP contribution in [0.4, 0.5) is 5.69 Å². The number of nitrogens with zero attached hydrogens (tertiary/aromatic N) is 3. The second-order valence-corrected chi connectivity index (χ2v) is 4.26.